The van der Waals surface area contributed by atoms with Crippen LogP contribution in [0.25, 0.3) is 0 Å². The number of rotatable bonds is 3. The van der Waals surface area contributed by atoms with E-state index in [0.29, 0.717) is 0 Å². The van der Waals surface area contributed by atoms with Gasteiger partial charge >= 0.3 is 0 Å². The molecule has 0 amide bonds. The summed E-state index contributed by atoms with van der Waals surface area (Å²) in [4.78, 5) is 0. The van der Waals surface area contributed by atoms with Crippen LogP contribution in [0.2, 0.25) is 0 Å². The van der Waals surface area contributed by atoms with Crippen LogP contribution in [0.5, 0.6) is 0 Å². The largest absolute Gasteiger partial charge is 0.313 e. The molecule has 1 heteroatoms. The first-order valence-corrected chi connectivity index (χ1v) is 7.15. The summed E-state index contributed by atoms with van der Waals surface area (Å²) < 4.78 is 0. The van der Waals surface area contributed by atoms with Crippen LogP contribution < -0.4 is 5.32 Å². The second-order valence-electron chi connectivity index (χ2n) is 6.92. The van der Waals surface area contributed by atoms with Gasteiger partial charge in [0.15, 0.2) is 0 Å². The van der Waals surface area contributed by atoms with Crippen molar-refractivity contribution in [3.8, 4) is 0 Å². The Morgan fingerprint density at radius 1 is 0.867 bits per heavy atom. The van der Waals surface area contributed by atoms with E-state index in [1.54, 1.807) is 12.8 Å². The van der Waals surface area contributed by atoms with Crippen molar-refractivity contribution in [2.24, 2.45) is 47.3 Å². The zero-order chi connectivity index (χ0) is 9.73. The lowest BCUT2D eigenvalue weighted by atomic mass is 9.71. The predicted octanol–water partition coefficient (Wildman–Crippen LogP) is 2.13. The molecule has 0 aromatic carbocycles. The Balaban J connectivity index is 1.55. The molecular formula is C14H21N. The minimum absolute atomic E-state index is 0.965. The first-order chi connectivity index (χ1) is 7.42. The standard InChI is InChI=1S/C14H21N/c1-2-3-15-14-12-8-4-6-7-5-9(10(6)12)13(14)11(7)8/h6-15H,2-5H2,1H3/t6-,7+,8-,9-,10+,11-,12-,13-,14?/m0/s1. The molecule has 0 radical (unpaired) electrons. The minimum Gasteiger partial charge on any atom is -0.313 e. The molecule has 0 heterocycles. The van der Waals surface area contributed by atoms with Gasteiger partial charge in [-0.15, -0.1) is 0 Å². The van der Waals surface area contributed by atoms with Crippen molar-refractivity contribution in [1.29, 1.82) is 0 Å². The van der Waals surface area contributed by atoms with Crippen molar-refractivity contribution < 1.29 is 0 Å². The lowest BCUT2D eigenvalue weighted by Crippen LogP contribution is -2.35. The highest BCUT2D eigenvalue weighted by Crippen LogP contribution is 2.82. The molecule has 0 aliphatic heterocycles. The molecular weight excluding hydrogens is 182 g/mol. The quantitative estimate of drug-likeness (QED) is 0.741. The van der Waals surface area contributed by atoms with Crippen molar-refractivity contribution >= 4 is 0 Å². The normalized spacial score (nSPS) is 70.6. The fourth-order valence-electron chi connectivity index (χ4n) is 7.20. The van der Waals surface area contributed by atoms with Gasteiger partial charge in [-0.1, -0.05) is 6.92 Å². The Labute approximate surface area is 92.0 Å². The fourth-order valence-corrected chi connectivity index (χ4v) is 7.20. The lowest BCUT2D eigenvalue weighted by molar-refractivity contribution is 0.132. The van der Waals surface area contributed by atoms with Gasteiger partial charge in [-0.3, -0.25) is 0 Å². The number of nitrogens with one attached hydrogen (secondary N) is 1. The maximum Gasteiger partial charge on any atom is 0.0135 e. The van der Waals surface area contributed by atoms with Gasteiger partial charge in [0.05, 0.1) is 0 Å². The van der Waals surface area contributed by atoms with E-state index in [-0.39, 0.29) is 0 Å². The summed E-state index contributed by atoms with van der Waals surface area (Å²) in [5.74, 6) is 9.46. The highest BCUT2D eigenvalue weighted by molar-refractivity contribution is 5.29. The molecule has 1 nitrogen and oxygen atoms in total. The van der Waals surface area contributed by atoms with E-state index >= 15 is 0 Å². The molecule has 6 aliphatic rings. The van der Waals surface area contributed by atoms with Crippen LogP contribution in [0, 0.1) is 47.3 Å². The summed E-state index contributed by atoms with van der Waals surface area (Å²) in [6.07, 6.45) is 4.59. The van der Waals surface area contributed by atoms with E-state index < -0.39 is 0 Å². The SMILES string of the molecule is CCCNC1[C@H]2[C@H]3C[C@@H]4[C@@H]5C[C@H]([C@H]1[C@@H]35)[C@H]42. The van der Waals surface area contributed by atoms with Crippen molar-refractivity contribution in [1.82, 2.24) is 5.32 Å². The van der Waals surface area contributed by atoms with Gasteiger partial charge in [-0.2, -0.15) is 0 Å². The van der Waals surface area contributed by atoms with E-state index in [0.717, 1.165) is 17.9 Å². The van der Waals surface area contributed by atoms with Crippen LogP contribution in [-0.4, -0.2) is 12.6 Å². The first kappa shape index (κ1) is 8.11. The average molecular weight is 203 g/mol. The van der Waals surface area contributed by atoms with Crippen LogP contribution in [-0.2, 0) is 0 Å². The zero-order valence-corrected chi connectivity index (χ0v) is 9.52. The van der Waals surface area contributed by atoms with Crippen molar-refractivity contribution in [2.75, 3.05) is 6.54 Å². The molecule has 0 spiro atoms. The zero-order valence-electron chi connectivity index (χ0n) is 9.52. The van der Waals surface area contributed by atoms with Gasteiger partial charge in [0, 0.05) is 6.04 Å². The summed E-state index contributed by atoms with van der Waals surface area (Å²) in [7, 11) is 0. The van der Waals surface area contributed by atoms with Crippen LogP contribution in [0.1, 0.15) is 26.2 Å². The third-order valence-corrected chi connectivity index (χ3v) is 6.95. The van der Waals surface area contributed by atoms with E-state index in [1.807, 2.05) is 0 Å². The third-order valence-electron chi connectivity index (χ3n) is 6.95. The molecule has 6 aliphatic carbocycles. The fraction of sp³-hybridized carbons (Fsp3) is 1.00. The topological polar surface area (TPSA) is 12.0 Å². The summed E-state index contributed by atoms with van der Waals surface area (Å²) in [5, 5.41) is 3.91. The highest BCUT2D eigenvalue weighted by Gasteiger charge is 2.79. The number of hydrogen-bond acceptors (Lipinski definition) is 1. The van der Waals surface area contributed by atoms with Gasteiger partial charge in [0.1, 0.15) is 0 Å². The van der Waals surface area contributed by atoms with Gasteiger partial charge in [-0.05, 0) is 73.2 Å². The second kappa shape index (κ2) is 2.30. The van der Waals surface area contributed by atoms with Crippen LogP contribution in [0.15, 0.2) is 0 Å². The van der Waals surface area contributed by atoms with Crippen LogP contribution >= 0.6 is 0 Å². The first-order valence-electron chi connectivity index (χ1n) is 7.15. The van der Waals surface area contributed by atoms with Gasteiger partial charge < -0.3 is 5.32 Å². The molecule has 0 aromatic rings. The summed E-state index contributed by atoms with van der Waals surface area (Å²) >= 11 is 0. The van der Waals surface area contributed by atoms with Crippen molar-refractivity contribution in [2.45, 2.75) is 32.2 Å². The van der Waals surface area contributed by atoms with E-state index in [9.17, 15) is 0 Å². The van der Waals surface area contributed by atoms with Gasteiger partial charge in [0.25, 0.3) is 0 Å². The minimum atomic E-state index is 0.965. The Kier molecular flexibility index (Phi) is 1.24. The summed E-state index contributed by atoms with van der Waals surface area (Å²) in [6.45, 7) is 3.57. The molecule has 6 bridgehead atoms. The van der Waals surface area contributed by atoms with Crippen molar-refractivity contribution in [3.05, 3.63) is 0 Å². The second-order valence-corrected chi connectivity index (χ2v) is 6.92. The van der Waals surface area contributed by atoms with Gasteiger partial charge in [-0.25, -0.2) is 0 Å². The molecule has 15 heavy (non-hydrogen) atoms. The molecule has 82 valence electrons. The molecule has 9 atom stereocenters. The lowest BCUT2D eigenvalue weighted by Gasteiger charge is -2.33. The molecule has 0 saturated heterocycles. The molecule has 0 aromatic heterocycles. The Morgan fingerprint density at radius 3 is 2.00 bits per heavy atom. The molecule has 6 rings (SSSR count). The molecule has 6 saturated carbocycles. The maximum atomic E-state index is 3.91. The smallest absolute Gasteiger partial charge is 0.0135 e. The number of hydrogen-bond donors (Lipinski definition) is 1. The monoisotopic (exact) mass is 203 g/mol. The van der Waals surface area contributed by atoms with Crippen LogP contribution in [0.3, 0.4) is 0 Å². The Morgan fingerprint density at radius 2 is 1.47 bits per heavy atom. The summed E-state index contributed by atoms with van der Waals surface area (Å²) in [6, 6.07) is 0.965. The Bertz CT molecular complexity index is 297. The highest BCUT2D eigenvalue weighted by atomic mass is 15.0. The summed E-state index contributed by atoms with van der Waals surface area (Å²) in [5.41, 5.74) is 0. The maximum absolute atomic E-state index is 3.91. The van der Waals surface area contributed by atoms with E-state index in [4.69, 9.17) is 0 Å². The molecule has 6 fully saturated rings. The molecule has 1 N–H and O–H groups in total. The van der Waals surface area contributed by atoms with E-state index in [1.165, 1.54) is 48.5 Å². The predicted molar refractivity (Wildman–Crippen MR) is 59.2 cm³/mol. The third kappa shape index (κ3) is 0.638. The average Bonchev–Trinajstić information content (AvgIpc) is 2.91. The van der Waals surface area contributed by atoms with Crippen LogP contribution in [0.4, 0.5) is 0 Å². The Hall–Kier alpha value is -0.0400. The molecule has 1 unspecified atom stereocenters. The van der Waals surface area contributed by atoms with Crippen molar-refractivity contribution in [3.63, 3.8) is 0 Å². The van der Waals surface area contributed by atoms with Gasteiger partial charge in [0.2, 0.25) is 0 Å². The van der Waals surface area contributed by atoms with E-state index in [2.05, 4.69) is 12.2 Å².